The number of hydrogen-bond acceptors (Lipinski definition) is 1. The molecule has 0 amide bonds. The Balaban J connectivity index is 1.59. The van der Waals surface area contributed by atoms with Crippen molar-refractivity contribution < 1.29 is 4.42 Å². The third kappa shape index (κ3) is 2.89. The summed E-state index contributed by atoms with van der Waals surface area (Å²) in [6.45, 7) is 0. The van der Waals surface area contributed by atoms with E-state index in [1.165, 1.54) is 33.2 Å². The third-order valence-electron chi connectivity index (χ3n) is 6.65. The maximum atomic E-state index is 5.96. The number of benzene rings is 5. The summed E-state index contributed by atoms with van der Waals surface area (Å²) in [5.41, 5.74) is 9.20. The van der Waals surface area contributed by atoms with Gasteiger partial charge in [-0.3, -0.25) is 0 Å². The molecule has 0 fully saturated rings. The minimum Gasteiger partial charge on any atom is -0.464 e. The van der Waals surface area contributed by atoms with Crippen molar-refractivity contribution >= 4 is 32.8 Å². The van der Waals surface area contributed by atoms with E-state index in [0.717, 1.165) is 27.6 Å². The van der Waals surface area contributed by atoms with Crippen LogP contribution in [0.5, 0.6) is 0 Å². The van der Waals surface area contributed by atoms with Crippen molar-refractivity contribution in [2.45, 2.75) is 0 Å². The van der Waals surface area contributed by atoms with E-state index in [9.17, 15) is 0 Å². The zero-order valence-electron chi connectivity index (χ0n) is 18.5. The Morgan fingerprint density at radius 3 is 1.85 bits per heavy atom. The molecule has 0 saturated heterocycles. The molecule has 0 aliphatic rings. The Morgan fingerprint density at radius 2 is 1.15 bits per heavy atom. The standard InChI is InChI=1S/C32H21NO/c1-3-9-22(10-4-1)25-19-26(23-11-5-2-6-12-23)21-27(20-25)33-29-14-8-7-13-28(29)31-30(33)16-15-24-17-18-34-32(24)31/h1-21H. The molecule has 160 valence electrons. The van der Waals surface area contributed by atoms with Crippen molar-refractivity contribution in [2.24, 2.45) is 0 Å². The number of furan rings is 1. The van der Waals surface area contributed by atoms with Crippen molar-refractivity contribution in [1.82, 2.24) is 4.57 Å². The summed E-state index contributed by atoms with van der Waals surface area (Å²) in [5.74, 6) is 0. The van der Waals surface area contributed by atoms with Gasteiger partial charge in [0.25, 0.3) is 0 Å². The van der Waals surface area contributed by atoms with Gasteiger partial charge < -0.3 is 8.98 Å². The summed E-state index contributed by atoms with van der Waals surface area (Å²) < 4.78 is 8.33. The summed E-state index contributed by atoms with van der Waals surface area (Å²) in [4.78, 5) is 0. The molecule has 0 radical (unpaired) electrons. The number of aromatic nitrogens is 1. The number of rotatable bonds is 3. The van der Waals surface area contributed by atoms with Gasteiger partial charge in [-0.15, -0.1) is 0 Å². The molecule has 2 heterocycles. The fraction of sp³-hybridized carbons (Fsp3) is 0. The summed E-state index contributed by atoms with van der Waals surface area (Å²) in [5, 5.41) is 3.48. The van der Waals surface area contributed by atoms with Crippen LogP contribution in [0.3, 0.4) is 0 Å². The summed E-state index contributed by atoms with van der Waals surface area (Å²) in [6.07, 6.45) is 1.78. The summed E-state index contributed by atoms with van der Waals surface area (Å²) >= 11 is 0. The number of fused-ring (bicyclic) bond motifs is 5. The average molecular weight is 436 g/mol. The highest BCUT2D eigenvalue weighted by molar-refractivity contribution is 6.19. The van der Waals surface area contributed by atoms with Gasteiger partial charge in [0.15, 0.2) is 0 Å². The molecule has 0 N–H and O–H groups in total. The maximum absolute atomic E-state index is 5.96. The third-order valence-corrected chi connectivity index (χ3v) is 6.65. The first-order valence-corrected chi connectivity index (χ1v) is 11.5. The van der Waals surface area contributed by atoms with E-state index in [-0.39, 0.29) is 0 Å². The zero-order chi connectivity index (χ0) is 22.5. The fourth-order valence-electron chi connectivity index (χ4n) is 5.09. The molecule has 2 nitrogen and oxygen atoms in total. The number of nitrogens with zero attached hydrogens (tertiary/aromatic N) is 1. The highest BCUT2D eigenvalue weighted by atomic mass is 16.3. The molecule has 2 aromatic heterocycles. The van der Waals surface area contributed by atoms with Gasteiger partial charge in [-0.1, -0.05) is 78.9 Å². The molecule has 7 rings (SSSR count). The Bertz CT molecular complexity index is 1730. The highest BCUT2D eigenvalue weighted by Crippen LogP contribution is 2.39. The Morgan fingerprint density at radius 1 is 0.500 bits per heavy atom. The normalized spacial score (nSPS) is 11.5. The van der Waals surface area contributed by atoms with Gasteiger partial charge in [0, 0.05) is 16.5 Å². The smallest absolute Gasteiger partial charge is 0.143 e. The predicted octanol–water partition coefficient (Wildman–Crippen LogP) is 8.86. The second-order valence-corrected chi connectivity index (χ2v) is 8.65. The Labute approximate surface area is 197 Å². The SMILES string of the molecule is c1ccc(-c2cc(-c3ccccc3)cc(-n3c4ccccc4c4c5occc5ccc43)c2)cc1. The minimum atomic E-state index is 0.940. The molecule has 0 aliphatic heterocycles. The van der Waals surface area contributed by atoms with Gasteiger partial charge in [-0.2, -0.15) is 0 Å². The van der Waals surface area contributed by atoms with Crippen molar-refractivity contribution in [2.75, 3.05) is 0 Å². The largest absolute Gasteiger partial charge is 0.464 e. The first-order valence-electron chi connectivity index (χ1n) is 11.5. The zero-order valence-corrected chi connectivity index (χ0v) is 18.5. The molecular formula is C32H21NO. The molecule has 0 bridgehead atoms. The predicted molar refractivity (Wildman–Crippen MR) is 141 cm³/mol. The second kappa shape index (κ2) is 7.50. The van der Waals surface area contributed by atoms with Crippen LogP contribution in [0, 0.1) is 0 Å². The van der Waals surface area contributed by atoms with Crippen LogP contribution in [0.15, 0.2) is 132 Å². The first kappa shape index (κ1) is 19.0. The van der Waals surface area contributed by atoms with Gasteiger partial charge in [0.1, 0.15) is 5.58 Å². The van der Waals surface area contributed by atoms with Crippen molar-refractivity contribution in [3.63, 3.8) is 0 Å². The van der Waals surface area contributed by atoms with Crippen LogP contribution in [0.2, 0.25) is 0 Å². The van der Waals surface area contributed by atoms with Gasteiger partial charge >= 0.3 is 0 Å². The molecule has 0 spiro atoms. The van der Waals surface area contributed by atoms with E-state index in [1.807, 2.05) is 6.07 Å². The van der Waals surface area contributed by atoms with Crippen molar-refractivity contribution in [3.05, 3.63) is 128 Å². The number of para-hydroxylation sites is 1. The lowest BCUT2D eigenvalue weighted by Gasteiger charge is -2.14. The molecule has 0 saturated carbocycles. The van der Waals surface area contributed by atoms with Crippen molar-refractivity contribution in [3.8, 4) is 27.9 Å². The lowest BCUT2D eigenvalue weighted by Crippen LogP contribution is -1.96. The van der Waals surface area contributed by atoms with E-state index < -0.39 is 0 Å². The lowest BCUT2D eigenvalue weighted by atomic mass is 9.98. The van der Waals surface area contributed by atoms with E-state index in [2.05, 4.69) is 120 Å². The Kier molecular flexibility index (Phi) is 4.18. The molecule has 2 heteroatoms. The molecule has 5 aromatic carbocycles. The Hall–Kier alpha value is -4.56. The van der Waals surface area contributed by atoms with Crippen LogP contribution in [0.1, 0.15) is 0 Å². The van der Waals surface area contributed by atoms with Gasteiger partial charge in [0.05, 0.1) is 22.7 Å². The van der Waals surface area contributed by atoms with Gasteiger partial charge in [-0.05, 0) is 64.7 Å². The van der Waals surface area contributed by atoms with Gasteiger partial charge in [-0.25, -0.2) is 0 Å². The van der Waals surface area contributed by atoms with Crippen LogP contribution < -0.4 is 0 Å². The molecule has 7 aromatic rings. The summed E-state index contributed by atoms with van der Waals surface area (Å²) in [6, 6.07) is 43.1. The van der Waals surface area contributed by atoms with E-state index in [1.54, 1.807) is 6.26 Å². The second-order valence-electron chi connectivity index (χ2n) is 8.65. The van der Waals surface area contributed by atoms with E-state index >= 15 is 0 Å². The van der Waals surface area contributed by atoms with Crippen LogP contribution in [-0.4, -0.2) is 4.57 Å². The van der Waals surface area contributed by atoms with E-state index in [0.29, 0.717) is 0 Å². The monoisotopic (exact) mass is 435 g/mol. The minimum absolute atomic E-state index is 0.940. The molecule has 0 unspecified atom stereocenters. The maximum Gasteiger partial charge on any atom is 0.143 e. The quantitative estimate of drug-likeness (QED) is 0.271. The first-order chi connectivity index (χ1) is 16.9. The van der Waals surface area contributed by atoms with Crippen molar-refractivity contribution in [1.29, 1.82) is 0 Å². The molecule has 0 atom stereocenters. The van der Waals surface area contributed by atoms with Gasteiger partial charge in [0.2, 0.25) is 0 Å². The van der Waals surface area contributed by atoms with Crippen LogP contribution in [0.25, 0.3) is 60.7 Å². The molecule has 0 aliphatic carbocycles. The fourth-order valence-corrected chi connectivity index (χ4v) is 5.09. The lowest BCUT2D eigenvalue weighted by molar-refractivity contribution is 0.619. The molecule has 34 heavy (non-hydrogen) atoms. The summed E-state index contributed by atoms with van der Waals surface area (Å²) in [7, 11) is 0. The van der Waals surface area contributed by atoms with E-state index in [4.69, 9.17) is 4.42 Å². The topological polar surface area (TPSA) is 18.1 Å². The highest BCUT2D eigenvalue weighted by Gasteiger charge is 2.17. The van der Waals surface area contributed by atoms with Crippen LogP contribution in [-0.2, 0) is 0 Å². The molecular weight excluding hydrogens is 414 g/mol. The average Bonchev–Trinajstić information content (AvgIpc) is 3.52. The van der Waals surface area contributed by atoms with Crippen LogP contribution in [0.4, 0.5) is 0 Å². The number of hydrogen-bond donors (Lipinski definition) is 0. The van der Waals surface area contributed by atoms with Crippen LogP contribution >= 0.6 is 0 Å².